The van der Waals surface area contributed by atoms with E-state index >= 15 is 0 Å². The van der Waals surface area contributed by atoms with E-state index in [9.17, 15) is 0 Å². The van der Waals surface area contributed by atoms with Gasteiger partial charge in [-0.2, -0.15) is 0 Å². The summed E-state index contributed by atoms with van der Waals surface area (Å²) in [6, 6.07) is 8.13. The summed E-state index contributed by atoms with van der Waals surface area (Å²) in [5.41, 5.74) is 4.18. The van der Waals surface area contributed by atoms with Crippen molar-refractivity contribution in [2.24, 2.45) is 0 Å². The summed E-state index contributed by atoms with van der Waals surface area (Å²) >= 11 is 0. The number of hydrogen-bond donors (Lipinski definition) is 0. The standard InChI is InChI=1S/C20H18O4Si/c1-11(2)13-5-15-17(23-9-21-15)7-19(13)25-20-8-18-16(22-10-24-18)6-14(20)12(3)4/h5-8H,1,3,9-10H2,2,4H3. The predicted octanol–water partition coefficient (Wildman–Crippen LogP) is 2.87. The third kappa shape index (κ3) is 2.80. The maximum Gasteiger partial charge on any atom is 0.231 e. The molecule has 0 saturated heterocycles. The first-order valence-corrected chi connectivity index (χ1v) is 8.99. The molecule has 4 rings (SSSR count). The highest BCUT2D eigenvalue weighted by molar-refractivity contribution is 6.69. The van der Waals surface area contributed by atoms with Crippen LogP contribution in [0.15, 0.2) is 37.4 Å². The lowest BCUT2D eigenvalue weighted by Gasteiger charge is -2.14. The quantitative estimate of drug-likeness (QED) is 0.795. The SMILES string of the molecule is C=C(C)c1cc2c(cc1[Si]c1cc3c(cc1C(=C)C)OCO3)OCO2. The van der Waals surface area contributed by atoms with Crippen LogP contribution >= 0.6 is 0 Å². The Balaban J connectivity index is 1.80. The van der Waals surface area contributed by atoms with Gasteiger partial charge in [-0.15, -0.1) is 0 Å². The molecule has 126 valence electrons. The van der Waals surface area contributed by atoms with E-state index in [1.807, 2.05) is 26.0 Å². The van der Waals surface area contributed by atoms with Gasteiger partial charge in [0.1, 0.15) is 9.52 Å². The third-order valence-electron chi connectivity index (χ3n) is 4.21. The highest BCUT2D eigenvalue weighted by Gasteiger charge is 2.22. The molecule has 0 N–H and O–H groups in total. The van der Waals surface area contributed by atoms with E-state index in [0.29, 0.717) is 9.52 Å². The Bertz CT molecular complexity index is 828. The van der Waals surface area contributed by atoms with Crippen LogP contribution in [0.3, 0.4) is 0 Å². The highest BCUT2D eigenvalue weighted by atomic mass is 28.2. The van der Waals surface area contributed by atoms with Crippen molar-refractivity contribution in [3.8, 4) is 23.0 Å². The van der Waals surface area contributed by atoms with Crippen molar-refractivity contribution < 1.29 is 18.9 Å². The zero-order chi connectivity index (χ0) is 17.6. The van der Waals surface area contributed by atoms with Gasteiger partial charge in [-0.3, -0.25) is 0 Å². The van der Waals surface area contributed by atoms with Crippen LogP contribution in [0.5, 0.6) is 23.0 Å². The molecule has 0 atom stereocenters. The van der Waals surface area contributed by atoms with Crippen molar-refractivity contribution in [1.29, 1.82) is 0 Å². The van der Waals surface area contributed by atoms with Gasteiger partial charge in [-0.1, -0.05) is 24.3 Å². The van der Waals surface area contributed by atoms with Crippen molar-refractivity contribution in [1.82, 2.24) is 0 Å². The van der Waals surface area contributed by atoms with Crippen LogP contribution in [-0.2, 0) is 0 Å². The van der Waals surface area contributed by atoms with Gasteiger partial charge < -0.3 is 18.9 Å². The van der Waals surface area contributed by atoms with E-state index in [-0.39, 0.29) is 13.6 Å². The lowest BCUT2D eigenvalue weighted by Crippen LogP contribution is -2.31. The molecule has 0 spiro atoms. The normalized spacial score (nSPS) is 13.8. The van der Waals surface area contributed by atoms with Crippen molar-refractivity contribution in [3.63, 3.8) is 0 Å². The van der Waals surface area contributed by atoms with E-state index in [4.69, 9.17) is 18.9 Å². The van der Waals surface area contributed by atoms with Gasteiger partial charge in [0.05, 0.1) is 0 Å². The minimum atomic E-state index is 0.262. The summed E-state index contributed by atoms with van der Waals surface area (Å²) in [6.45, 7) is 12.8. The second-order valence-corrected chi connectivity index (χ2v) is 7.52. The summed E-state index contributed by atoms with van der Waals surface area (Å²) in [4.78, 5) is 0. The molecule has 2 aromatic rings. The molecule has 5 heteroatoms. The van der Waals surface area contributed by atoms with Gasteiger partial charge in [-0.25, -0.2) is 0 Å². The predicted molar refractivity (Wildman–Crippen MR) is 99.6 cm³/mol. The van der Waals surface area contributed by atoms with Crippen LogP contribution in [0.1, 0.15) is 25.0 Å². The van der Waals surface area contributed by atoms with Crippen LogP contribution in [0, 0.1) is 0 Å². The molecule has 2 radical (unpaired) electrons. The minimum Gasteiger partial charge on any atom is -0.454 e. The van der Waals surface area contributed by atoms with E-state index < -0.39 is 0 Å². The number of hydrogen-bond acceptors (Lipinski definition) is 4. The van der Waals surface area contributed by atoms with E-state index in [1.54, 1.807) is 0 Å². The summed E-state index contributed by atoms with van der Waals surface area (Å²) in [7, 11) is 0.414. The monoisotopic (exact) mass is 350 g/mol. The molecular formula is C20H18O4Si. The summed E-state index contributed by atoms with van der Waals surface area (Å²) < 4.78 is 22.1. The smallest absolute Gasteiger partial charge is 0.231 e. The zero-order valence-electron chi connectivity index (χ0n) is 14.3. The molecule has 4 nitrogen and oxygen atoms in total. The van der Waals surface area contributed by atoms with Crippen molar-refractivity contribution in [2.75, 3.05) is 13.6 Å². The highest BCUT2D eigenvalue weighted by Crippen LogP contribution is 2.35. The van der Waals surface area contributed by atoms with Crippen LogP contribution in [-0.4, -0.2) is 23.1 Å². The lowest BCUT2D eigenvalue weighted by molar-refractivity contribution is 0.173. The Morgan fingerprint density at radius 3 is 1.44 bits per heavy atom. The molecule has 0 aromatic heterocycles. The van der Waals surface area contributed by atoms with Crippen LogP contribution < -0.4 is 29.3 Å². The van der Waals surface area contributed by atoms with Gasteiger partial charge in [0.15, 0.2) is 23.0 Å². The molecule has 0 aliphatic carbocycles. The average molecular weight is 350 g/mol. The van der Waals surface area contributed by atoms with Gasteiger partial charge in [0, 0.05) is 0 Å². The first kappa shape index (κ1) is 15.8. The fourth-order valence-electron chi connectivity index (χ4n) is 2.94. The number of fused-ring (bicyclic) bond motifs is 2. The van der Waals surface area contributed by atoms with Crippen molar-refractivity contribution >= 4 is 31.0 Å². The third-order valence-corrected chi connectivity index (χ3v) is 5.58. The maximum absolute atomic E-state index is 5.55. The molecule has 2 aliphatic heterocycles. The molecular weight excluding hydrogens is 332 g/mol. The molecule has 0 fully saturated rings. The molecule has 0 saturated carbocycles. The van der Waals surface area contributed by atoms with Gasteiger partial charge >= 0.3 is 0 Å². The fourth-order valence-corrected chi connectivity index (χ4v) is 4.48. The fraction of sp³-hybridized carbons (Fsp3) is 0.200. The molecule has 0 unspecified atom stereocenters. The molecule has 2 heterocycles. The lowest BCUT2D eigenvalue weighted by atomic mass is 10.1. The van der Waals surface area contributed by atoms with Crippen molar-refractivity contribution in [3.05, 3.63) is 48.6 Å². The first-order chi connectivity index (χ1) is 12.0. The van der Waals surface area contributed by atoms with Gasteiger partial charge in [-0.05, 0) is 59.6 Å². The molecule has 2 aromatic carbocycles. The Kier molecular flexibility index (Phi) is 3.80. The largest absolute Gasteiger partial charge is 0.454 e. The maximum atomic E-state index is 5.55. The van der Waals surface area contributed by atoms with Gasteiger partial charge in [0.25, 0.3) is 0 Å². The van der Waals surface area contributed by atoms with E-state index in [1.165, 1.54) is 0 Å². The van der Waals surface area contributed by atoms with Crippen LogP contribution in [0.2, 0.25) is 0 Å². The Labute approximate surface area is 149 Å². The van der Waals surface area contributed by atoms with Crippen molar-refractivity contribution in [2.45, 2.75) is 13.8 Å². The average Bonchev–Trinajstić information content (AvgIpc) is 3.20. The summed E-state index contributed by atoms with van der Waals surface area (Å²) in [6.07, 6.45) is 0. The minimum absolute atomic E-state index is 0.262. The summed E-state index contributed by atoms with van der Waals surface area (Å²) in [5, 5.41) is 2.33. The number of rotatable bonds is 4. The van der Waals surface area contributed by atoms with Crippen LogP contribution in [0.4, 0.5) is 0 Å². The zero-order valence-corrected chi connectivity index (χ0v) is 15.3. The number of ether oxygens (including phenoxy) is 4. The van der Waals surface area contributed by atoms with Crippen LogP contribution in [0.25, 0.3) is 11.1 Å². The Morgan fingerprint density at radius 2 is 1.08 bits per heavy atom. The van der Waals surface area contributed by atoms with E-state index in [2.05, 4.69) is 25.3 Å². The topological polar surface area (TPSA) is 36.9 Å². The van der Waals surface area contributed by atoms with E-state index in [0.717, 1.165) is 55.6 Å². The Morgan fingerprint density at radius 1 is 0.720 bits per heavy atom. The molecule has 2 aliphatic rings. The Hall–Kier alpha value is -2.66. The number of benzene rings is 2. The van der Waals surface area contributed by atoms with Gasteiger partial charge in [0.2, 0.25) is 13.6 Å². The summed E-state index contributed by atoms with van der Waals surface area (Å²) in [5.74, 6) is 3.12. The molecule has 0 amide bonds. The number of allylic oxidation sites excluding steroid dienone is 2. The second kappa shape index (κ2) is 6.00. The molecule has 25 heavy (non-hydrogen) atoms. The molecule has 0 bridgehead atoms. The first-order valence-electron chi connectivity index (χ1n) is 7.99. The second-order valence-electron chi connectivity index (χ2n) is 6.19.